The van der Waals surface area contributed by atoms with Gasteiger partial charge >= 0.3 is 0 Å². The maximum Gasteiger partial charge on any atom is 0.143 e. The smallest absolute Gasteiger partial charge is 0.143 e. The number of rotatable bonds is 4. The lowest BCUT2D eigenvalue weighted by Crippen LogP contribution is -2.43. The number of nitrogens with one attached hydrogen (secondary N) is 1. The summed E-state index contributed by atoms with van der Waals surface area (Å²) >= 11 is 1.71. The fourth-order valence-electron chi connectivity index (χ4n) is 2.28. The summed E-state index contributed by atoms with van der Waals surface area (Å²) in [5, 5.41) is 7.59. The van der Waals surface area contributed by atoms with Crippen LogP contribution in [0.5, 0.6) is 5.75 Å². The fraction of sp³-hybridized carbons (Fsp3) is 0.333. The molecule has 0 atom stereocenters. The topological polar surface area (TPSA) is 24.5 Å². The Morgan fingerprint density at radius 2 is 2.00 bits per heavy atom. The Morgan fingerprint density at radius 1 is 1.16 bits per heavy atom. The number of hydrogen-bond donors (Lipinski definition) is 1. The summed E-state index contributed by atoms with van der Waals surface area (Å²) in [6.45, 7) is 4.81. The van der Waals surface area contributed by atoms with Crippen LogP contribution in [0.25, 0.3) is 0 Å². The maximum atomic E-state index is 5.98. The molecule has 1 aromatic carbocycles. The molecule has 1 aliphatic rings. The number of piperazine rings is 1. The summed E-state index contributed by atoms with van der Waals surface area (Å²) in [4.78, 5) is 2.39. The third kappa shape index (κ3) is 3.08. The van der Waals surface area contributed by atoms with Crippen LogP contribution in [-0.2, 0) is 6.61 Å². The van der Waals surface area contributed by atoms with Gasteiger partial charge in [0.15, 0.2) is 0 Å². The maximum absolute atomic E-state index is 5.98. The first-order valence-electron chi connectivity index (χ1n) is 6.62. The molecule has 0 amide bonds. The quantitative estimate of drug-likeness (QED) is 0.928. The molecule has 0 bridgehead atoms. The number of thiophene rings is 1. The molecular formula is C15H18N2OS. The highest BCUT2D eigenvalue weighted by molar-refractivity contribution is 7.07. The van der Waals surface area contributed by atoms with E-state index in [4.69, 9.17) is 4.74 Å². The molecule has 0 aliphatic carbocycles. The van der Waals surface area contributed by atoms with E-state index in [1.165, 1.54) is 11.3 Å². The Balaban J connectivity index is 1.73. The highest BCUT2D eigenvalue weighted by Gasteiger charge is 2.14. The Morgan fingerprint density at radius 3 is 2.79 bits per heavy atom. The number of nitrogens with zero attached hydrogens (tertiary/aromatic N) is 1. The zero-order valence-corrected chi connectivity index (χ0v) is 11.7. The minimum Gasteiger partial charge on any atom is -0.487 e. The van der Waals surface area contributed by atoms with Gasteiger partial charge in [0.25, 0.3) is 0 Å². The predicted molar refractivity (Wildman–Crippen MR) is 80.2 cm³/mol. The van der Waals surface area contributed by atoms with E-state index in [9.17, 15) is 0 Å². The second-order valence-corrected chi connectivity index (χ2v) is 5.41. The Hall–Kier alpha value is -1.52. The van der Waals surface area contributed by atoms with Crippen molar-refractivity contribution in [2.24, 2.45) is 0 Å². The largest absolute Gasteiger partial charge is 0.487 e. The van der Waals surface area contributed by atoms with Gasteiger partial charge in [0, 0.05) is 26.2 Å². The summed E-state index contributed by atoms with van der Waals surface area (Å²) in [6.07, 6.45) is 0. The fourth-order valence-corrected chi connectivity index (χ4v) is 2.94. The molecule has 2 heterocycles. The van der Waals surface area contributed by atoms with Crippen molar-refractivity contribution in [3.8, 4) is 5.75 Å². The summed E-state index contributed by atoms with van der Waals surface area (Å²) in [6, 6.07) is 10.4. The van der Waals surface area contributed by atoms with Crippen molar-refractivity contribution in [1.29, 1.82) is 0 Å². The van der Waals surface area contributed by atoms with Gasteiger partial charge in [0.1, 0.15) is 12.4 Å². The van der Waals surface area contributed by atoms with Gasteiger partial charge in [-0.3, -0.25) is 0 Å². The molecule has 1 fully saturated rings. The highest BCUT2D eigenvalue weighted by Crippen LogP contribution is 2.29. The van der Waals surface area contributed by atoms with E-state index in [-0.39, 0.29) is 0 Å². The molecule has 3 nitrogen and oxygen atoms in total. The number of ether oxygens (including phenoxy) is 1. The number of benzene rings is 1. The van der Waals surface area contributed by atoms with E-state index in [2.05, 4.69) is 45.2 Å². The Labute approximate surface area is 117 Å². The summed E-state index contributed by atoms with van der Waals surface area (Å²) < 4.78 is 5.98. The normalized spacial score (nSPS) is 15.5. The van der Waals surface area contributed by atoms with E-state index in [0.717, 1.165) is 31.9 Å². The molecule has 0 spiro atoms. The molecule has 1 aromatic heterocycles. The van der Waals surface area contributed by atoms with Gasteiger partial charge in [-0.15, -0.1) is 0 Å². The first-order valence-corrected chi connectivity index (χ1v) is 7.56. The van der Waals surface area contributed by atoms with Crippen molar-refractivity contribution in [2.45, 2.75) is 6.61 Å². The SMILES string of the molecule is c1ccc(N2CCNCC2)c(OCc2ccsc2)c1. The van der Waals surface area contributed by atoms with E-state index < -0.39 is 0 Å². The summed E-state index contributed by atoms with van der Waals surface area (Å²) in [5.41, 5.74) is 2.44. The van der Waals surface area contributed by atoms with E-state index in [1.807, 2.05) is 6.07 Å². The summed E-state index contributed by atoms with van der Waals surface area (Å²) in [7, 11) is 0. The molecule has 1 saturated heterocycles. The van der Waals surface area contributed by atoms with Crippen LogP contribution >= 0.6 is 11.3 Å². The van der Waals surface area contributed by atoms with Crippen LogP contribution in [0.4, 0.5) is 5.69 Å². The molecule has 100 valence electrons. The lowest BCUT2D eigenvalue weighted by Gasteiger charge is -2.30. The van der Waals surface area contributed by atoms with Crippen molar-refractivity contribution in [1.82, 2.24) is 5.32 Å². The summed E-state index contributed by atoms with van der Waals surface area (Å²) in [5.74, 6) is 0.982. The first kappa shape index (κ1) is 12.5. The second-order valence-electron chi connectivity index (χ2n) is 4.63. The average molecular weight is 274 g/mol. The minimum atomic E-state index is 0.645. The molecule has 4 heteroatoms. The van der Waals surface area contributed by atoms with Gasteiger partial charge in [0.05, 0.1) is 5.69 Å². The number of para-hydroxylation sites is 2. The minimum absolute atomic E-state index is 0.645. The Bertz CT molecular complexity index is 507. The molecule has 0 unspecified atom stereocenters. The van der Waals surface area contributed by atoms with E-state index in [1.54, 1.807) is 11.3 Å². The number of hydrogen-bond acceptors (Lipinski definition) is 4. The number of anilines is 1. The highest BCUT2D eigenvalue weighted by atomic mass is 32.1. The van der Waals surface area contributed by atoms with Crippen molar-refractivity contribution >= 4 is 17.0 Å². The second kappa shape index (κ2) is 6.08. The lowest BCUT2D eigenvalue weighted by atomic mass is 10.2. The zero-order chi connectivity index (χ0) is 12.9. The third-order valence-electron chi connectivity index (χ3n) is 3.30. The molecule has 3 rings (SSSR count). The molecule has 1 aliphatic heterocycles. The molecule has 2 aromatic rings. The first-order chi connectivity index (χ1) is 9.43. The zero-order valence-electron chi connectivity index (χ0n) is 10.8. The van der Waals surface area contributed by atoms with E-state index in [0.29, 0.717) is 6.61 Å². The van der Waals surface area contributed by atoms with Gasteiger partial charge < -0.3 is 15.0 Å². The van der Waals surface area contributed by atoms with Crippen LogP contribution in [0.2, 0.25) is 0 Å². The van der Waals surface area contributed by atoms with Gasteiger partial charge in [-0.1, -0.05) is 12.1 Å². The lowest BCUT2D eigenvalue weighted by molar-refractivity contribution is 0.306. The Kier molecular flexibility index (Phi) is 4.01. The van der Waals surface area contributed by atoms with Gasteiger partial charge in [-0.05, 0) is 34.5 Å². The van der Waals surface area contributed by atoms with Crippen molar-refractivity contribution in [3.05, 3.63) is 46.7 Å². The van der Waals surface area contributed by atoms with Crippen LogP contribution < -0.4 is 15.0 Å². The van der Waals surface area contributed by atoms with Gasteiger partial charge in [-0.25, -0.2) is 0 Å². The van der Waals surface area contributed by atoms with Crippen molar-refractivity contribution in [2.75, 3.05) is 31.1 Å². The van der Waals surface area contributed by atoms with Gasteiger partial charge in [-0.2, -0.15) is 11.3 Å². The predicted octanol–water partition coefficient (Wildman–Crippen LogP) is 2.74. The van der Waals surface area contributed by atoms with Crippen molar-refractivity contribution < 1.29 is 4.74 Å². The van der Waals surface area contributed by atoms with Crippen LogP contribution in [0.15, 0.2) is 41.1 Å². The van der Waals surface area contributed by atoms with Gasteiger partial charge in [0.2, 0.25) is 0 Å². The molecule has 0 saturated carbocycles. The monoisotopic (exact) mass is 274 g/mol. The molecule has 1 N–H and O–H groups in total. The van der Waals surface area contributed by atoms with Crippen molar-refractivity contribution in [3.63, 3.8) is 0 Å². The standard InChI is InChI=1S/C15H18N2OS/c1-2-4-15(18-11-13-5-10-19-12-13)14(3-1)17-8-6-16-7-9-17/h1-5,10,12,16H,6-9,11H2. The van der Waals surface area contributed by atoms with Crippen LogP contribution in [0, 0.1) is 0 Å². The molecule has 0 radical (unpaired) electrons. The average Bonchev–Trinajstić information content (AvgIpc) is 3.00. The van der Waals surface area contributed by atoms with E-state index >= 15 is 0 Å². The van der Waals surface area contributed by atoms with Crippen LogP contribution in [-0.4, -0.2) is 26.2 Å². The molecular weight excluding hydrogens is 256 g/mol. The van der Waals surface area contributed by atoms with Crippen LogP contribution in [0.3, 0.4) is 0 Å². The molecule has 19 heavy (non-hydrogen) atoms. The third-order valence-corrected chi connectivity index (χ3v) is 4.03. The van der Waals surface area contributed by atoms with Crippen LogP contribution in [0.1, 0.15) is 5.56 Å².